The van der Waals surface area contributed by atoms with Crippen LogP contribution < -0.4 is 5.32 Å². The molecular formula is C15H19N3O2. The van der Waals surface area contributed by atoms with Crippen LogP contribution in [0.3, 0.4) is 0 Å². The first-order valence-corrected chi connectivity index (χ1v) is 7.20. The van der Waals surface area contributed by atoms with Gasteiger partial charge < -0.3 is 10.2 Å². The second-order valence-corrected chi connectivity index (χ2v) is 5.61. The SMILES string of the molecule is O=C(NCc1cccnc1)C1CC(=O)N(C2CCC2)C1. The first-order chi connectivity index (χ1) is 9.74. The number of rotatable bonds is 4. The molecule has 2 aliphatic rings. The molecule has 1 aliphatic carbocycles. The molecule has 1 aliphatic heterocycles. The van der Waals surface area contributed by atoms with Gasteiger partial charge in [0.05, 0.1) is 5.92 Å². The molecule has 3 rings (SSSR count). The monoisotopic (exact) mass is 273 g/mol. The maximum atomic E-state index is 12.1. The molecule has 5 heteroatoms. The summed E-state index contributed by atoms with van der Waals surface area (Å²) in [6, 6.07) is 4.16. The smallest absolute Gasteiger partial charge is 0.225 e. The van der Waals surface area contributed by atoms with E-state index in [1.165, 1.54) is 6.42 Å². The van der Waals surface area contributed by atoms with Crippen molar-refractivity contribution in [3.63, 3.8) is 0 Å². The van der Waals surface area contributed by atoms with Crippen molar-refractivity contribution in [1.29, 1.82) is 0 Å². The van der Waals surface area contributed by atoms with Gasteiger partial charge in [-0.25, -0.2) is 0 Å². The maximum absolute atomic E-state index is 12.1. The normalized spacial score (nSPS) is 22.7. The fraction of sp³-hybridized carbons (Fsp3) is 0.533. The molecule has 1 aromatic rings. The van der Waals surface area contributed by atoms with Gasteiger partial charge in [0.2, 0.25) is 11.8 Å². The number of amides is 2. The van der Waals surface area contributed by atoms with E-state index < -0.39 is 0 Å². The molecule has 5 nitrogen and oxygen atoms in total. The summed E-state index contributed by atoms with van der Waals surface area (Å²) in [6.45, 7) is 1.06. The van der Waals surface area contributed by atoms with Crippen LogP contribution in [0, 0.1) is 5.92 Å². The second kappa shape index (κ2) is 5.61. The highest BCUT2D eigenvalue weighted by Gasteiger charge is 2.39. The topological polar surface area (TPSA) is 62.3 Å². The van der Waals surface area contributed by atoms with Crippen molar-refractivity contribution in [1.82, 2.24) is 15.2 Å². The van der Waals surface area contributed by atoms with Gasteiger partial charge in [-0.3, -0.25) is 14.6 Å². The van der Waals surface area contributed by atoms with Gasteiger partial charge in [-0.05, 0) is 30.9 Å². The minimum atomic E-state index is -0.195. The van der Waals surface area contributed by atoms with Gasteiger partial charge in [0, 0.05) is 37.9 Å². The third-order valence-electron chi connectivity index (χ3n) is 4.23. The van der Waals surface area contributed by atoms with Crippen molar-refractivity contribution >= 4 is 11.8 Å². The molecule has 2 fully saturated rings. The van der Waals surface area contributed by atoms with Crippen LogP contribution in [0.1, 0.15) is 31.2 Å². The Morgan fingerprint density at radius 2 is 2.30 bits per heavy atom. The molecule has 1 unspecified atom stereocenters. The Kier molecular flexibility index (Phi) is 3.67. The summed E-state index contributed by atoms with van der Waals surface area (Å²) in [4.78, 5) is 30.0. The molecule has 0 spiro atoms. The molecule has 1 saturated carbocycles. The summed E-state index contributed by atoms with van der Waals surface area (Å²) in [5.41, 5.74) is 0.973. The van der Waals surface area contributed by atoms with Gasteiger partial charge in [-0.2, -0.15) is 0 Å². The number of carbonyl (C=O) groups is 2. The second-order valence-electron chi connectivity index (χ2n) is 5.61. The molecule has 2 heterocycles. The van der Waals surface area contributed by atoms with Crippen LogP contribution in [0.15, 0.2) is 24.5 Å². The summed E-state index contributed by atoms with van der Waals surface area (Å²) in [5.74, 6) is -0.0833. The minimum absolute atomic E-state index is 0.0240. The lowest BCUT2D eigenvalue weighted by Gasteiger charge is -2.34. The molecule has 106 valence electrons. The van der Waals surface area contributed by atoms with Crippen LogP contribution in [-0.2, 0) is 16.1 Å². The zero-order valence-corrected chi connectivity index (χ0v) is 11.4. The fourth-order valence-electron chi connectivity index (χ4n) is 2.79. The van der Waals surface area contributed by atoms with E-state index in [9.17, 15) is 9.59 Å². The van der Waals surface area contributed by atoms with Crippen LogP contribution >= 0.6 is 0 Å². The zero-order valence-electron chi connectivity index (χ0n) is 11.4. The van der Waals surface area contributed by atoms with E-state index in [-0.39, 0.29) is 17.7 Å². The summed E-state index contributed by atoms with van der Waals surface area (Å²) in [7, 11) is 0. The third kappa shape index (κ3) is 2.66. The molecule has 2 amide bonds. The molecule has 1 atom stereocenters. The molecule has 1 aromatic heterocycles. The molecule has 1 N–H and O–H groups in total. The Bertz CT molecular complexity index is 499. The number of hydrogen-bond acceptors (Lipinski definition) is 3. The number of pyridine rings is 1. The lowest BCUT2D eigenvalue weighted by Crippen LogP contribution is -2.42. The van der Waals surface area contributed by atoms with Gasteiger partial charge in [-0.15, -0.1) is 0 Å². The van der Waals surface area contributed by atoms with Crippen LogP contribution in [0.25, 0.3) is 0 Å². The number of aromatic nitrogens is 1. The standard InChI is InChI=1S/C15H19N3O2/c19-14-7-12(10-18(14)13-4-1-5-13)15(20)17-9-11-3-2-6-16-8-11/h2-3,6,8,12-13H,1,4-5,7,9-10H2,(H,17,20). The van der Waals surface area contributed by atoms with Crippen LogP contribution in [0.2, 0.25) is 0 Å². The Balaban J connectivity index is 1.52. The van der Waals surface area contributed by atoms with Gasteiger partial charge in [-0.1, -0.05) is 6.07 Å². The molecule has 0 radical (unpaired) electrons. The van der Waals surface area contributed by atoms with Gasteiger partial charge in [0.15, 0.2) is 0 Å². The summed E-state index contributed by atoms with van der Waals surface area (Å²) in [5, 5.41) is 2.90. The van der Waals surface area contributed by atoms with Crippen molar-refractivity contribution in [2.24, 2.45) is 5.92 Å². The van der Waals surface area contributed by atoms with E-state index in [2.05, 4.69) is 10.3 Å². The van der Waals surface area contributed by atoms with Crippen molar-refractivity contribution in [3.8, 4) is 0 Å². The first-order valence-electron chi connectivity index (χ1n) is 7.20. The van der Waals surface area contributed by atoms with E-state index in [0.29, 0.717) is 25.6 Å². The Morgan fingerprint density at radius 1 is 1.45 bits per heavy atom. The predicted octanol–water partition coefficient (Wildman–Crippen LogP) is 1.10. The molecule has 0 bridgehead atoms. The van der Waals surface area contributed by atoms with E-state index in [4.69, 9.17) is 0 Å². The lowest BCUT2D eigenvalue weighted by atomic mass is 9.92. The van der Waals surface area contributed by atoms with Gasteiger partial charge in [0.1, 0.15) is 0 Å². The number of nitrogens with zero attached hydrogens (tertiary/aromatic N) is 2. The number of carbonyl (C=O) groups excluding carboxylic acids is 2. The van der Waals surface area contributed by atoms with Crippen LogP contribution in [-0.4, -0.2) is 34.3 Å². The highest BCUT2D eigenvalue weighted by Crippen LogP contribution is 2.30. The van der Waals surface area contributed by atoms with Crippen LogP contribution in [0.5, 0.6) is 0 Å². The van der Waals surface area contributed by atoms with Gasteiger partial charge >= 0.3 is 0 Å². The third-order valence-corrected chi connectivity index (χ3v) is 4.23. The average Bonchev–Trinajstić information content (AvgIpc) is 2.78. The largest absolute Gasteiger partial charge is 0.352 e. The Hall–Kier alpha value is -1.91. The van der Waals surface area contributed by atoms with Crippen molar-refractivity contribution in [2.75, 3.05) is 6.54 Å². The summed E-state index contributed by atoms with van der Waals surface area (Å²) < 4.78 is 0. The fourth-order valence-corrected chi connectivity index (χ4v) is 2.79. The van der Waals surface area contributed by atoms with Crippen LogP contribution in [0.4, 0.5) is 0 Å². The minimum Gasteiger partial charge on any atom is -0.352 e. The molecule has 0 aromatic carbocycles. The van der Waals surface area contributed by atoms with E-state index in [1.807, 2.05) is 17.0 Å². The van der Waals surface area contributed by atoms with Crippen molar-refractivity contribution in [2.45, 2.75) is 38.3 Å². The summed E-state index contributed by atoms with van der Waals surface area (Å²) >= 11 is 0. The first kappa shape index (κ1) is 13.1. The maximum Gasteiger partial charge on any atom is 0.225 e. The Labute approximate surface area is 118 Å². The molecule has 1 saturated heterocycles. The molecule has 20 heavy (non-hydrogen) atoms. The number of hydrogen-bond donors (Lipinski definition) is 1. The average molecular weight is 273 g/mol. The van der Waals surface area contributed by atoms with E-state index in [1.54, 1.807) is 12.4 Å². The summed E-state index contributed by atoms with van der Waals surface area (Å²) in [6.07, 6.45) is 7.19. The highest BCUT2D eigenvalue weighted by molar-refractivity contribution is 5.89. The van der Waals surface area contributed by atoms with Crippen molar-refractivity contribution < 1.29 is 9.59 Å². The quantitative estimate of drug-likeness (QED) is 0.893. The Morgan fingerprint density at radius 3 is 2.95 bits per heavy atom. The van der Waals surface area contributed by atoms with E-state index in [0.717, 1.165) is 18.4 Å². The van der Waals surface area contributed by atoms with Gasteiger partial charge in [0.25, 0.3) is 0 Å². The van der Waals surface area contributed by atoms with E-state index >= 15 is 0 Å². The van der Waals surface area contributed by atoms with Crippen molar-refractivity contribution in [3.05, 3.63) is 30.1 Å². The molecular weight excluding hydrogens is 254 g/mol. The zero-order chi connectivity index (χ0) is 13.9. The lowest BCUT2D eigenvalue weighted by molar-refractivity contribution is -0.131. The number of likely N-dealkylation sites (tertiary alicyclic amines) is 1. The predicted molar refractivity (Wildman–Crippen MR) is 73.5 cm³/mol. The highest BCUT2D eigenvalue weighted by atomic mass is 16.2. The number of nitrogens with one attached hydrogen (secondary N) is 1.